The molecule has 0 radical (unpaired) electrons. The molecule has 0 spiro atoms. The van der Waals surface area contributed by atoms with Crippen LogP contribution in [-0.4, -0.2) is 66.2 Å². The number of rotatable bonds is 3. The van der Waals surface area contributed by atoms with Crippen LogP contribution < -0.4 is 11.1 Å². The molecule has 2 atom stereocenters. The summed E-state index contributed by atoms with van der Waals surface area (Å²) in [5.74, 6) is -3.73. The van der Waals surface area contributed by atoms with E-state index in [2.05, 4.69) is 19.5 Å². The SMILES string of the molecule is N[C@H]1CCOC1=O.O=C(O)/C=C\C(=O)N[C@H]1CCOC1=O.O=C1C=CC(=O)O1. The average Bonchev–Trinajstić information content (AvgIpc) is 3.31. The van der Waals surface area contributed by atoms with Gasteiger partial charge in [-0.05, 0) is 0 Å². The molecule has 2 saturated heterocycles. The first-order chi connectivity index (χ1) is 13.2. The second-order valence-electron chi connectivity index (χ2n) is 5.33. The van der Waals surface area contributed by atoms with Gasteiger partial charge < -0.3 is 30.4 Å². The van der Waals surface area contributed by atoms with Gasteiger partial charge in [-0.3, -0.25) is 9.59 Å². The lowest BCUT2D eigenvalue weighted by atomic mass is 10.2. The molecule has 4 N–H and O–H groups in total. The van der Waals surface area contributed by atoms with Gasteiger partial charge in [-0.25, -0.2) is 19.2 Å². The number of nitrogens with two attached hydrogens (primary N) is 1. The predicted molar refractivity (Wildman–Crippen MR) is 88.1 cm³/mol. The molecule has 3 rings (SSSR count). The van der Waals surface area contributed by atoms with Crippen LogP contribution >= 0.6 is 0 Å². The average molecular weight is 398 g/mol. The summed E-state index contributed by atoms with van der Waals surface area (Å²) in [6, 6.07) is -0.999. The van der Waals surface area contributed by atoms with Crippen molar-refractivity contribution in [2.75, 3.05) is 13.2 Å². The van der Waals surface area contributed by atoms with Gasteiger partial charge in [-0.1, -0.05) is 0 Å². The zero-order chi connectivity index (χ0) is 21.1. The molecule has 3 aliphatic heterocycles. The van der Waals surface area contributed by atoms with E-state index in [4.69, 9.17) is 10.8 Å². The number of carbonyl (C=O) groups is 6. The Bertz CT molecular complexity index is 696. The highest BCUT2D eigenvalue weighted by Crippen LogP contribution is 2.05. The van der Waals surface area contributed by atoms with Crippen molar-refractivity contribution in [2.45, 2.75) is 24.9 Å². The van der Waals surface area contributed by atoms with Crippen LogP contribution in [0.25, 0.3) is 0 Å². The Labute approximate surface area is 158 Å². The number of nitrogens with one attached hydrogen (secondary N) is 1. The summed E-state index contributed by atoms with van der Waals surface area (Å²) in [5.41, 5.74) is 5.20. The Balaban J connectivity index is 0.000000233. The topological polar surface area (TPSA) is 188 Å². The van der Waals surface area contributed by atoms with Crippen molar-refractivity contribution in [1.82, 2.24) is 5.32 Å². The first-order valence-corrected chi connectivity index (χ1v) is 7.93. The van der Waals surface area contributed by atoms with E-state index in [9.17, 15) is 28.8 Å². The van der Waals surface area contributed by atoms with Crippen LogP contribution in [0.3, 0.4) is 0 Å². The fourth-order valence-electron chi connectivity index (χ4n) is 1.81. The smallest absolute Gasteiger partial charge is 0.338 e. The fourth-order valence-corrected chi connectivity index (χ4v) is 1.81. The van der Waals surface area contributed by atoms with Gasteiger partial charge in [0.1, 0.15) is 12.1 Å². The first kappa shape index (κ1) is 22.5. The van der Waals surface area contributed by atoms with E-state index in [1.54, 1.807) is 0 Å². The Morgan fingerprint density at radius 3 is 1.89 bits per heavy atom. The van der Waals surface area contributed by atoms with Gasteiger partial charge in [0.05, 0.1) is 13.2 Å². The molecule has 0 aliphatic carbocycles. The number of cyclic esters (lactones) is 4. The lowest BCUT2D eigenvalue weighted by Crippen LogP contribution is -2.36. The van der Waals surface area contributed by atoms with E-state index in [0.717, 1.165) is 18.2 Å². The maximum absolute atomic E-state index is 11.0. The van der Waals surface area contributed by atoms with Crippen molar-refractivity contribution in [3.8, 4) is 0 Å². The van der Waals surface area contributed by atoms with Crippen molar-refractivity contribution >= 4 is 35.8 Å². The largest absolute Gasteiger partial charge is 0.478 e. The minimum Gasteiger partial charge on any atom is -0.478 e. The summed E-state index contributed by atoms with van der Waals surface area (Å²) in [5, 5.41) is 10.5. The number of amides is 1. The summed E-state index contributed by atoms with van der Waals surface area (Å²) < 4.78 is 13.1. The molecule has 0 saturated carbocycles. The van der Waals surface area contributed by atoms with Crippen molar-refractivity contribution in [1.29, 1.82) is 0 Å². The summed E-state index contributed by atoms with van der Waals surface area (Å²) >= 11 is 0. The van der Waals surface area contributed by atoms with Crippen molar-refractivity contribution < 1.29 is 48.1 Å². The minimum atomic E-state index is -1.21. The highest BCUT2D eigenvalue weighted by atomic mass is 16.6. The zero-order valence-electron chi connectivity index (χ0n) is 14.5. The van der Waals surface area contributed by atoms with Gasteiger partial charge in [-0.15, -0.1) is 0 Å². The second-order valence-corrected chi connectivity index (χ2v) is 5.33. The number of hydrogen-bond donors (Lipinski definition) is 3. The van der Waals surface area contributed by atoms with Gasteiger partial charge in [0.15, 0.2) is 0 Å². The first-order valence-electron chi connectivity index (χ1n) is 7.93. The summed E-state index contributed by atoms with van der Waals surface area (Å²) in [6.45, 7) is 0.784. The quantitative estimate of drug-likeness (QED) is 0.205. The van der Waals surface area contributed by atoms with Crippen molar-refractivity contribution in [3.05, 3.63) is 24.3 Å². The van der Waals surface area contributed by atoms with Crippen LogP contribution in [-0.2, 0) is 43.0 Å². The Kier molecular flexibility index (Phi) is 9.03. The van der Waals surface area contributed by atoms with Crippen molar-refractivity contribution in [2.24, 2.45) is 5.73 Å². The number of hydrogen-bond acceptors (Lipinski definition) is 10. The molecule has 0 unspecified atom stereocenters. The Hall–Kier alpha value is -3.54. The Morgan fingerprint density at radius 1 is 1.00 bits per heavy atom. The van der Waals surface area contributed by atoms with E-state index in [1.165, 1.54) is 0 Å². The summed E-state index contributed by atoms with van der Waals surface area (Å²) in [7, 11) is 0. The van der Waals surface area contributed by atoms with E-state index in [0.29, 0.717) is 25.5 Å². The molecule has 152 valence electrons. The zero-order valence-corrected chi connectivity index (χ0v) is 14.5. The third kappa shape index (κ3) is 8.71. The molecule has 0 aromatic heterocycles. The van der Waals surface area contributed by atoms with Crippen LogP contribution in [0.15, 0.2) is 24.3 Å². The van der Waals surface area contributed by atoms with Gasteiger partial charge in [0.25, 0.3) is 0 Å². The maximum atomic E-state index is 11.0. The van der Waals surface area contributed by atoms with Gasteiger partial charge in [0, 0.05) is 37.1 Å². The molecule has 0 bridgehead atoms. The molecular formula is C16H18N2O10. The van der Waals surface area contributed by atoms with Crippen LogP contribution in [0.1, 0.15) is 12.8 Å². The molecule has 12 heteroatoms. The maximum Gasteiger partial charge on any atom is 0.338 e. The number of carboxylic acid groups (broad SMARTS) is 1. The minimum absolute atomic E-state index is 0.264. The normalized spacial score (nSPS) is 22.5. The Morgan fingerprint density at radius 2 is 1.57 bits per heavy atom. The van der Waals surface area contributed by atoms with Gasteiger partial charge >= 0.3 is 29.8 Å². The van der Waals surface area contributed by atoms with Crippen LogP contribution in [0.4, 0.5) is 0 Å². The van der Waals surface area contributed by atoms with E-state index in [1.807, 2.05) is 0 Å². The highest BCUT2D eigenvalue weighted by molar-refractivity contribution is 6.04. The molecule has 3 aliphatic rings. The molecule has 3 heterocycles. The van der Waals surface area contributed by atoms with Gasteiger partial charge in [-0.2, -0.15) is 0 Å². The number of carboxylic acids is 1. The van der Waals surface area contributed by atoms with Crippen LogP contribution in [0, 0.1) is 0 Å². The highest BCUT2D eigenvalue weighted by Gasteiger charge is 2.27. The van der Waals surface area contributed by atoms with E-state index < -0.39 is 35.8 Å². The molecule has 28 heavy (non-hydrogen) atoms. The number of aliphatic carboxylic acids is 1. The number of ether oxygens (including phenoxy) is 3. The molecule has 0 aromatic carbocycles. The molecular weight excluding hydrogens is 380 g/mol. The molecule has 12 nitrogen and oxygen atoms in total. The standard InChI is InChI=1S/C8H9NO5.C4H7NO2.C4H2O3/c10-6(1-2-7(11)12)9-5-3-4-14-8(5)13;5-3-1-2-7-4(3)6;5-3-1-2-4(6)7-3/h1-2,5H,3-4H2,(H,9,10)(H,11,12);3H,1-2,5H2;1-2H/b2-1-;;/t5-;3-;/m00./s1. The van der Waals surface area contributed by atoms with E-state index >= 15 is 0 Å². The fraction of sp³-hybridized carbons (Fsp3) is 0.375. The summed E-state index contributed by atoms with van der Waals surface area (Å²) in [4.78, 5) is 62.0. The number of esters is 4. The number of carbonyl (C=O) groups excluding carboxylic acids is 5. The predicted octanol–water partition coefficient (Wildman–Crippen LogP) is -2.05. The van der Waals surface area contributed by atoms with Crippen molar-refractivity contribution in [3.63, 3.8) is 0 Å². The monoisotopic (exact) mass is 398 g/mol. The lowest BCUT2D eigenvalue weighted by molar-refractivity contribution is -0.150. The third-order valence-corrected chi connectivity index (χ3v) is 3.16. The third-order valence-electron chi connectivity index (χ3n) is 3.16. The molecule has 2 fully saturated rings. The molecule has 0 aromatic rings. The van der Waals surface area contributed by atoms with Gasteiger partial charge in [0.2, 0.25) is 5.91 Å². The lowest BCUT2D eigenvalue weighted by Gasteiger charge is -2.04. The molecule has 1 amide bonds. The second kappa shape index (κ2) is 11.2. The van der Waals surface area contributed by atoms with Crippen LogP contribution in [0.2, 0.25) is 0 Å². The van der Waals surface area contributed by atoms with E-state index in [-0.39, 0.29) is 18.6 Å². The van der Waals surface area contributed by atoms with Crippen LogP contribution in [0.5, 0.6) is 0 Å². The summed E-state index contributed by atoms with van der Waals surface area (Å²) in [6.07, 6.45) is 4.83.